The molecular formula is C23H26BrF2N3O2. The monoisotopic (exact) mass is 493 g/mol. The number of nitrogens with zero attached hydrogens (tertiary/aromatic N) is 3. The van der Waals surface area contributed by atoms with Crippen LogP contribution in [0.1, 0.15) is 22.8 Å². The highest BCUT2D eigenvalue weighted by atomic mass is 79.9. The average molecular weight is 494 g/mol. The number of amides is 1. The lowest BCUT2D eigenvalue weighted by Gasteiger charge is -2.37. The normalized spacial score (nSPS) is 17.7. The lowest BCUT2D eigenvalue weighted by Crippen LogP contribution is -2.49. The zero-order valence-corrected chi connectivity index (χ0v) is 19.1. The second-order valence-corrected chi connectivity index (χ2v) is 8.89. The molecule has 2 aliphatic heterocycles. The number of rotatable bonds is 4. The number of alkyl halides is 2. The molecule has 0 atom stereocenters. The van der Waals surface area contributed by atoms with Gasteiger partial charge in [0.1, 0.15) is 0 Å². The maximum atomic E-state index is 13.5. The first-order valence-corrected chi connectivity index (χ1v) is 11.3. The number of carbonyl (C=O) groups is 1. The summed E-state index contributed by atoms with van der Waals surface area (Å²) in [6.45, 7) is 6.24. The molecule has 2 fully saturated rings. The van der Waals surface area contributed by atoms with Crippen molar-refractivity contribution in [1.29, 1.82) is 0 Å². The van der Waals surface area contributed by atoms with Gasteiger partial charge in [-0.05, 0) is 30.3 Å². The van der Waals surface area contributed by atoms with Crippen LogP contribution in [-0.2, 0) is 10.7 Å². The second kappa shape index (κ2) is 9.12. The van der Waals surface area contributed by atoms with E-state index in [9.17, 15) is 13.6 Å². The van der Waals surface area contributed by atoms with Crippen molar-refractivity contribution in [2.24, 2.45) is 0 Å². The second-order valence-electron chi connectivity index (χ2n) is 7.98. The van der Waals surface area contributed by atoms with Crippen molar-refractivity contribution in [1.82, 2.24) is 4.90 Å². The Morgan fingerprint density at radius 2 is 1.58 bits per heavy atom. The van der Waals surface area contributed by atoms with E-state index in [0.29, 0.717) is 45.0 Å². The first kappa shape index (κ1) is 22.0. The Hall–Kier alpha value is -2.19. The predicted octanol–water partition coefficient (Wildman–Crippen LogP) is 4.36. The summed E-state index contributed by atoms with van der Waals surface area (Å²) in [7, 11) is 0. The summed E-state index contributed by atoms with van der Waals surface area (Å²) in [5.41, 5.74) is 2.54. The van der Waals surface area contributed by atoms with E-state index < -0.39 is 5.92 Å². The molecule has 2 heterocycles. The third-order valence-corrected chi connectivity index (χ3v) is 6.34. The van der Waals surface area contributed by atoms with Crippen LogP contribution in [0.15, 0.2) is 46.9 Å². The number of ether oxygens (including phenoxy) is 1. The highest BCUT2D eigenvalue weighted by molar-refractivity contribution is 9.10. The van der Waals surface area contributed by atoms with Crippen LogP contribution in [0.2, 0.25) is 0 Å². The van der Waals surface area contributed by atoms with Crippen LogP contribution >= 0.6 is 15.9 Å². The van der Waals surface area contributed by atoms with Crippen molar-refractivity contribution >= 4 is 33.2 Å². The van der Waals surface area contributed by atoms with Gasteiger partial charge >= 0.3 is 0 Å². The quantitative estimate of drug-likeness (QED) is 0.633. The first-order chi connectivity index (χ1) is 14.8. The third-order valence-electron chi connectivity index (χ3n) is 5.85. The summed E-state index contributed by atoms with van der Waals surface area (Å²) in [4.78, 5) is 19.6. The van der Waals surface area contributed by atoms with E-state index in [0.717, 1.165) is 35.9 Å². The molecule has 2 aromatic carbocycles. The molecule has 5 nitrogen and oxygen atoms in total. The van der Waals surface area contributed by atoms with Gasteiger partial charge in [-0.15, -0.1) is 0 Å². The Balaban J connectivity index is 1.44. The van der Waals surface area contributed by atoms with Crippen molar-refractivity contribution in [3.8, 4) is 0 Å². The van der Waals surface area contributed by atoms with E-state index in [2.05, 4.69) is 25.7 Å². The number of morpholine rings is 1. The largest absolute Gasteiger partial charge is 0.378 e. The standard InChI is InChI=1S/C23H26BrF2N3O2/c1-23(25,26)17-2-5-19(6-3-17)27-8-10-29(11-9-27)22(30)20-16-18(24)4-7-21(20)28-12-14-31-15-13-28/h2-7,16H,8-15H2,1H3. The minimum absolute atomic E-state index is 0.00959. The van der Waals surface area contributed by atoms with Crippen molar-refractivity contribution in [3.05, 3.63) is 58.1 Å². The van der Waals surface area contributed by atoms with Crippen LogP contribution < -0.4 is 9.80 Å². The molecule has 2 aliphatic rings. The molecule has 166 valence electrons. The molecule has 4 rings (SSSR count). The summed E-state index contributed by atoms with van der Waals surface area (Å²) >= 11 is 3.50. The Morgan fingerprint density at radius 3 is 2.19 bits per heavy atom. The summed E-state index contributed by atoms with van der Waals surface area (Å²) in [5, 5.41) is 0. The topological polar surface area (TPSA) is 36.0 Å². The van der Waals surface area contributed by atoms with Gasteiger partial charge in [0.2, 0.25) is 0 Å². The van der Waals surface area contributed by atoms with Gasteiger partial charge in [0.15, 0.2) is 0 Å². The zero-order chi connectivity index (χ0) is 22.0. The minimum atomic E-state index is -2.84. The minimum Gasteiger partial charge on any atom is -0.378 e. The fraction of sp³-hybridized carbons (Fsp3) is 0.435. The van der Waals surface area contributed by atoms with Crippen LogP contribution in [-0.4, -0.2) is 63.3 Å². The van der Waals surface area contributed by atoms with Crippen molar-refractivity contribution < 1.29 is 18.3 Å². The maximum Gasteiger partial charge on any atom is 0.270 e. The maximum absolute atomic E-state index is 13.5. The number of benzene rings is 2. The highest BCUT2D eigenvalue weighted by Crippen LogP contribution is 2.30. The smallest absolute Gasteiger partial charge is 0.270 e. The van der Waals surface area contributed by atoms with Gasteiger partial charge in [-0.2, -0.15) is 0 Å². The lowest BCUT2D eigenvalue weighted by atomic mass is 10.1. The molecule has 31 heavy (non-hydrogen) atoms. The summed E-state index contributed by atoms with van der Waals surface area (Å²) in [5.74, 6) is -2.82. The summed E-state index contributed by atoms with van der Waals surface area (Å²) in [6, 6.07) is 12.3. The van der Waals surface area contributed by atoms with E-state index in [4.69, 9.17) is 4.74 Å². The Labute approximate surface area is 189 Å². The Kier molecular flexibility index (Phi) is 6.48. The van der Waals surface area contributed by atoms with Gasteiger partial charge in [0, 0.05) is 67.6 Å². The molecule has 0 bridgehead atoms. The summed E-state index contributed by atoms with van der Waals surface area (Å²) < 4.78 is 33.2. The highest BCUT2D eigenvalue weighted by Gasteiger charge is 2.27. The number of anilines is 2. The fourth-order valence-corrected chi connectivity index (χ4v) is 4.42. The molecule has 1 amide bonds. The number of hydrogen-bond acceptors (Lipinski definition) is 4. The number of halogens is 3. The Morgan fingerprint density at radius 1 is 0.935 bits per heavy atom. The molecule has 0 unspecified atom stereocenters. The SMILES string of the molecule is CC(F)(F)c1ccc(N2CCN(C(=O)c3cc(Br)ccc3N3CCOCC3)CC2)cc1. The van der Waals surface area contributed by atoms with Gasteiger partial charge in [-0.3, -0.25) is 4.79 Å². The molecule has 0 radical (unpaired) electrons. The van der Waals surface area contributed by atoms with Gasteiger partial charge < -0.3 is 19.4 Å². The number of hydrogen-bond donors (Lipinski definition) is 0. The van der Waals surface area contributed by atoms with Gasteiger partial charge in [0.05, 0.1) is 18.8 Å². The fourth-order valence-electron chi connectivity index (χ4n) is 4.06. The van der Waals surface area contributed by atoms with Crippen LogP contribution in [0.25, 0.3) is 0 Å². The lowest BCUT2D eigenvalue weighted by molar-refractivity contribution is 0.0175. The van der Waals surface area contributed by atoms with Crippen molar-refractivity contribution in [2.45, 2.75) is 12.8 Å². The van der Waals surface area contributed by atoms with Gasteiger partial charge in [-0.25, -0.2) is 8.78 Å². The average Bonchev–Trinajstić information content (AvgIpc) is 2.79. The van der Waals surface area contributed by atoms with E-state index in [1.165, 1.54) is 12.1 Å². The van der Waals surface area contributed by atoms with E-state index >= 15 is 0 Å². The van der Waals surface area contributed by atoms with Crippen LogP contribution in [0.4, 0.5) is 20.2 Å². The summed E-state index contributed by atoms with van der Waals surface area (Å²) in [6.07, 6.45) is 0. The van der Waals surface area contributed by atoms with Crippen molar-refractivity contribution in [2.75, 3.05) is 62.3 Å². The predicted molar refractivity (Wildman–Crippen MR) is 121 cm³/mol. The van der Waals surface area contributed by atoms with Crippen molar-refractivity contribution in [3.63, 3.8) is 0 Å². The molecule has 0 spiro atoms. The molecule has 8 heteroatoms. The molecule has 0 aromatic heterocycles. The van der Waals surface area contributed by atoms with E-state index in [1.807, 2.05) is 23.1 Å². The van der Waals surface area contributed by atoms with Gasteiger partial charge in [0.25, 0.3) is 11.8 Å². The van der Waals surface area contributed by atoms with Crippen LogP contribution in [0, 0.1) is 0 Å². The molecule has 0 saturated carbocycles. The van der Waals surface area contributed by atoms with E-state index in [1.54, 1.807) is 12.1 Å². The van der Waals surface area contributed by atoms with E-state index in [-0.39, 0.29) is 11.5 Å². The number of piperazine rings is 1. The molecule has 0 aliphatic carbocycles. The molecular weight excluding hydrogens is 468 g/mol. The van der Waals surface area contributed by atoms with Crippen LogP contribution in [0.3, 0.4) is 0 Å². The first-order valence-electron chi connectivity index (χ1n) is 10.5. The number of carbonyl (C=O) groups excluding carboxylic acids is 1. The zero-order valence-electron chi connectivity index (χ0n) is 17.5. The molecule has 2 aromatic rings. The van der Waals surface area contributed by atoms with Gasteiger partial charge in [-0.1, -0.05) is 28.1 Å². The third kappa shape index (κ3) is 5.01. The molecule has 2 saturated heterocycles. The molecule has 0 N–H and O–H groups in total. The Bertz CT molecular complexity index is 919. The van der Waals surface area contributed by atoms with Crippen LogP contribution in [0.5, 0.6) is 0 Å².